The number of benzene rings is 2. The van der Waals surface area contributed by atoms with Crippen LogP contribution >= 0.6 is 0 Å². The number of rotatable bonds is 6. The minimum atomic E-state index is -1.02. The van der Waals surface area contributed by atoms with Crippen LogP contribution in [0.5, 0.6) is 0 Å². The molecule has 1 unspecified atom stereocenters. The van der Waals surface area contributed by atoms with Crippen molar-refractivity contribution in [2.45, 2.75) is 32.2 Å². The van der Waals surface area contributed by atoms with E-state index in [-0.39, 0.29) is 6.42 Å². The van der Waals surface area contributed by atoms with E-state index in [1.165, 1.54) is 5.56 Å². The Kier molecular flexibility index (Phi) is 6.10. The number of carboxylic acids is 1. The highest BCUT2D eigenvalue weighted by atomic mass is 16.4. The van der Waals surface area contributed by atoms with E-state index in [0.29, 0.717) is 11.5 Å². The van der Waals surface area contributed by atoms with E-state index in [1.807, 2.05) is 30.3 Å². The van der Waals surface area contributed by atoms with E-state index >= 15 is 0 Å². The number of carbonyl (C=O) groups is 1. The molecule has 25 heavy (non-hydrogen) atoms. The molecular formula is C21H22N2O2. The maximum Gasteiger partial charge on any atom is 0.320 e. The molecule has 1 atom stereocenters. The monoisotopic (exact) mass is 334 g/mol. The summed E-state index contributed by atoms with van der Waals surface area (Å²) in [5, 5.41) is 18.0. The fourth-order valence-electron chi connectivity index (χ4n) is 2.52. The minimum Gasteiger partial charge on any atom is -0.480 e. The third kappa shape index (κ3) is 4.79. The first-order valence-electron chi connectivity index (χ1n) is 8.21. The number of aliphatic carboxylic acids is 1. The van der Waals surface area contributed by atoms with Gasteiger partial charge in [0.1, 0.15) is 6.04 Å². The lowest BCUT2D eigenvalue weighted by Crippen LogP contribution is -2.29. The summed E-state index contributed by atoms with van der Waals surface area (Å²) in [4.78, 5) is 11.0. The van der Waals surface area contributed by atoms with Crippen LogP contribution in [0.2, 0.25) is 0 Å². The molecule has 0 bridgehead atoms. The average molecular weight is 334 g/mol. The van der Waals surface area contributed by atoms with Gasteiger partial charge in [-0.05, 0) is 46.7 Å². The smallest absolute Gasteiger partial charge is 0.320 e. The van der Waals surface area contributed by atoms with Gasteiger partial charge in [-0.3, -0.25) is 4.79 Å². The van der Waals surface area contributed by atoms with Crippen LogP contribution in [-0.2, 0) is 4.79 Å². The largest absolute Gasteiger partial charge is 0.480 e. The molecule has 0 saturated heterocycles. The number of nitrogens with zero attached hydrogens (tertiary/aromatic N) is 1. The quantitative estimate of drug-likeness (QED) is 0.838. The molecule has 0 aromatic heterocycles. The van der Waals surface area contributed by atoms with Crippen molar-refractivity contribution in [1.82, 2.24) is 0 Å². The number of carboxylic acid groups (broad SMARTS) is 1. The van der Waals surface area contributed by atoms with E-state index in [4.69, 9.17) is 16.1 Å². The molecule has 0 radical (unpaired) electrons. The van der Waals surface area contributed by atoms with Crippen LogP contribution in [0.15, 0.2) is 54.6 Å². The van der Waals surface area contributed by atoms with Crippen LogP contribution in [0.25, 0.3) is 5.57 Å². The molecule has 2 aromatic carbocycles. The van der Waals surface area contributed by atoms with Gasteiger partial charge >= 0.3 is 5.97 Å². The molecule has 0 amide bonds. The fraction of sp³-hybridized carbons (Fsp3) is 0.238. The summed E-state index contributed by atoms with van der Waals surface area (Å²) in [6, 6.07) is 16.6. The van der Waals surface area contributed by atoms with E-state index in [0.717, 1.165) is 16.7 Å². The van der Waals surface area contributed by atoms with Crippen LogP contribution in [0.4, 0.5) is 0 Å². The molecule has 4 heteroatoms. The van der Waals surface area contributed by atoms with Gasteiger partial charge in [0, 0.05) is 0 Å². The lowest BCUT2D eigenvalue weighted by atomic mass is 9.93. The van der Waals surface area contributed by atoms with Crippen molar-refractivity contribution >= 4 is 11.5 Å². The second kappa shape index (κ2) is 8.27. The summed E-state index contributed by atoms with van der Waals surface area (Å²) in [6.45, 7) is 4.27. The highest BCUT2D eigenvalue weighted by molar-refractivity contribution is 5.81. The first kappa shape index (κ1) is 18.4. The number of nitriles is 1. The maximum absolute atomic E-state index is 11.0. The lowest BCUT2D eigenvalue weighted by Gasteiger charge is -2.12. The van der Waals surface area contributed by atoms with E-state index in [2.05, 4.69) is 32.0 Å². The topological polar surface area (TPSA) is 87.1 Å². The lowest BCUT2D eigenvalue weighted by molar-refractivity contribution is -0.138. The molecule has 4 nitrogen and oxygen atoms in total. The van der Waals surface area contributed by atoms with Gasteiger partial charge in [0.05, 0.1) is 11.6 Å². The van der Waals surface area contributed by atoms with Gasteiger partial charge in [-0.2, -0.15) is 5.26 Å². The fourth-order valence-corrected chi connectivity index (χ4v) is 2.52. The summed E-state index contributed by atoms with van der Waals surface area (Å²) >= 11 is 0. The van der Waals surface area contributed by atoms with Crippen LogP contribution < -0.4 is 5.73 Å². The van der Waals surface area contributed by atoms with E-state index in [1.54, 1.807) is 12.1 Å². The number of hydrogen-bond acceptors (Lipinski definition) is 3. The zero-order chi connectivity index (χ0) is 18.4. The molecule has 0 spiro atoms. The van der Waals surface area contributed by atoms with Gasteiger partial charge in [-0.25, -0.2) is 0 Å². The molecule has 0 aliphatic heterocycles. The van der Waals surface area contributed by atoms with Gasteiger partial charge in [0.25, 0.3) is 0 Å². The average Bonchev–Trinajstić information content (AvgIpc) is 2.62. The molecule has 0 fully saturated rings. The predicted octanol–water partition coefficient (Wildman–Crippen LogP) is 3.92. The Morgan fingerprint density at radius 2 is 1.64 bits per heavy atom. The van der Waals surface area contributed by atoms with Gasteiger partial charge in [-0.1, -0.05) is 56.3 Å². The Balaban J connectivity index is 2.42. The zero-order valence-electron chi connectivity index (χ0n) is 14.4. The van der Waals surface area contributed by atoms with Crippen LogP contribution in [-0.4, -0.2) is 17.1 Å². The molecule has 2 rings (SSSR count). The molecule has 0 aliphatic carbocycles. The maximum atomic E-state index is 11.0. The normalized spacial score (nSPS) is 12.7. The summed E-state index contributed by atoms with van der Waals surface area (Å²) in [7, 11) is 0. The van der Waals surface area contributed by atoms with Gasteiger partial charge in [0.2, 0.25) is 0 Å². The van der Waals surface area contributed by atoms with Crippen molar-refractivity contribution < 1.29 is 9.90 Å². The first-order valence-corrected chi connectivity index (χ1v) is 8.21. The van der Waals surface area contributed by atoms with E-state index in [9.17, 15) is 4.79 Å². The standard InChI is InChI=1S/C21H22N2O2/c1-14(2)16-7-9-18(10-8-16)19(11-12-20(23)21(24)25)17-5-3-15(13-22)4-6-17/h3-11,14,20H,12,23H2,1-2H3,(H,24,25)/b19-11-. The Bertz CT molecular complexity index is 797. The molecule has 0 saturated carbocycles. The van der Waals surface area contributed by atoms with Crippen molar-refractivity contribution in [3.05, 3.63) is 76.9 Å². The Morgan fingerprint density at radius 1 is 1.12 bits per heavy atom. The Labute approximate surface area is 148 Å². The third-order valence-electron chi connectivity index (χ3n) is 4.11. The zero-order valence-corrected chi connectivity index (χ0v) is 14.4. The second-order valence-corrected chi connectivity index (χ2v) is 6.26. The predicted molar refractivity (Wildman–Crippen MR) is 99.0 cm³/mol. The minimum absolute atomic E-state index is 0.233. The summed E-state index contributed by atoms with van der Waals surface area (Å²) < 4.78 is 0. The van der Waals surface area contributed by atoms with Gasteiger partial charge < -0.3 is 10.8 Å². The molecular weight excluding hydrogens is 312 g/mol. The second-order valence-electron chi connectivity index (χ2n) is 6.26. The molecule has 0 aliphatic rings. The molecule has 128 valence electrons. The SMILES string of the molecule is CC(C)c1ccc(/C(=C\CC(N)C(=O)O)c2ccc(C#N)cc2)cc1. The summed E-state index contributed by atoms with van der Waals surface area (Å²) in [5.74, 6) is -0.581. The van der Waals surface area contributed by atoms with Crippen molar-refractivity contribution in [2.75, 3.05) is 0 Å². The van der Waals surface area contributed by atoms with E-state index < -0.39 is 12.0 Å². The van der Waals surface area contributed by atoms with Crippen molar-refractivity contribution in [3.63, 3.8) is 0 Å². The van der Waals surface area contributed by atoms with Crippen molar-refractivity contribution in [3.8, 4) is 6.07 Å². The summed E-state index contributed by atoms with van der Waals surface area (Å²) in [6.07, 6.45) is 2.08. The van der Waals surface area contributed by atoms with Crippen molar-refractivity contribution in [1.29, 1.82) is 5.26 Å². The van der Waals surface area contributed by atoms with Gasteiger partial charge in [-0.15, -0.1) is 0 Å². The number of hydrogen-bond donors (Lipinski definition) is 2. The van der Waals surface area contributed by atoms with Crippen molar-refractivity contribution in [2.24, 2.45) is 5.73 Å². The van der Waals surface area contributed by atoms with Gasteiger partial charge in [0.15, 0.2) is 0 Å². The Hall–Kier alpha value is -2.90. The third-order valence-corrected chi connectivity index (χ3v) is 4.11. The molecule has 3 N–H and O–H groups in total. The molecule has 0 heterocycles. The molecule has 2 aromatic rings. The van der Waals surface area contributed by atoms with Crippen LogP contribution in [0, 0.1) is 11.3 Å². The first-order chi connectivity index (χ1) is 11.9. The number of nitrogens with two attached hydrogens (primary N) is 1. The summed E-state index contributed by atoms with van der Waals surface area (Å²) in [5.41, 5.74) is 10.3. The highest BCUT2D eigenvalue weighted by Gasteiger charge is 2.12. The van der Waals surface area contributed by atoms with Crippen LogP contribution in [0.1, 0.15) is 48.4 Å². The van der Waals surface area contributed by atoms with Crippen LogP contribution in [0.3, 0.4) is 0 Å². The Morgan fingerprint density at radius 3 is 2.08 bits per heavy atom. The highest BCUT2D eigenvalue weighted by Crippen LogP contribution is 2.26.